The zero-order valence-electron chi connectivity index (χ0n) is 22.1. The Hall–Kier alpha value is -0.910. The molecule has 0 N–H and O–H groups in total. The van der Waals surface area contributed by atoms with Crippen molar-refractivity contribution in [2.45, 2.75) is 174 Å². The molecule has 0 bridgehead atoms. The molecule has 0 saturated heterocycles. The molecule has 3 heteroatoms. The first-order valence-electron chi connectivity index (χ1n) is 14.4. The lowest BCUT2D eigenvalue weighted by Gasteiger charge is -2.22. The van der Waals surface area contributed by atoms with Gasteiger partial charge in [-0.2, -0.15) is 15.5 Å². The molecule has 1 aliphatic rings. The van der Waals surface area contributed by atoms with Crippen LogP contribution < -0.4 is 0 Å². The third kappa shape index (κ3) is 15.0. The summed E-state index contributed by atoms with van der Waals surface area (Å²) in [6.45, 7) is 6.49. The van der Waals surface area contributed by atoms with Crippen molar-refractivity contribution in [2.24, 2.45) is 16.1 Å². The van der Waals surface area contributed by atoms with Crippen LogP contribution in [-0.2, 0) is 0 Å². The Kier molecular flexibility index (Phi) is 17.8. The minimum Gasteiger partial charge on any atom is -0.196 e. The summed E-state index contributed by atoms with van der Waals surface area (Å²) in [7, 11) is 0. The van der Waals surface area contributed by atoms with E-state index in [1.165, 1.54) is 128 Å². The smallest absolute Gasteiger partial charge is 0.164 e. The molecule has 1 saturated carbocycles. The predicted octanol–water partition coefficient (Wildman–Crippen LogP) is 10.3. The van der Waals surface area contributed by atoms with Gasteiger partial charge in [-0.1, -0.05) is 122 Å². The average molecular weight is 446 g/mol. The Labute approximate surface area is 201 Å². The van der Waals surface area contributed by atoms with Gasteiger partial charge in [0.1, 0.15) is 0 Å². The molecule has 1 rings (SSSR count). The highest BCUT2D eigenvalue weighted by atomic mass is 15.2. The Morgan fingerprint density at radius 2 is 1.19 bits per heavy atom. The van der Waals surface area contributed by atoms with Crippen LogP contribution in [0.2, 0.25) is 0 Å². The van der Waals surface area contributed by atoms with E-state index in [1.54, 1.807) is 0 Å². The van der Waals surface area contributed by atoms with Crippen molar-refractivity contribution < 1.29 is 0 Å². The second kappa shape index (κ2) is 19.5. The van der Waals surface area contributed by atoms with Crippen molar-refractivity contribution in [3.05, 3.63) is 0 Å². The first kappa shape index (κ1) is 29.1. The summed E-state index contributed by atoms with van der Waals surface area (Å²) < 4.78 is 0. The summed E-state index contributed by atoms with van der Waals surface area (Å²) in [5.41, 5.74) is -0.639. The zero-order valence-corrected chi connectivity index (χ0v) is 22.1. The van der Waals surface area contributed by atoms with Gasteiger partial charge in [-0.3, -0.25) is 0 Å². The molecular weight excluding hydrogens is 390 g/mol. The summed E-state index contributed by atoms with van der Waals surface area (Å²) in [4.78, 5) is 0. The van der Waals surface area contributed by atoms with Crippen molar-refractivity contribution in [3.63, 3.8) is 0 Å². The molecule has 32 heavy (non-hydrogen) atoms. The number of hydrogen-bond donors (Lipinski definition) is 0. The summed E-state index contributed by atoms with van der Waals surface area (Å²) in [6, 6.07) is 2.71. The second-order valence-corrected chi connectivity index (χ2v) is 10.8. The Morgan fingerprint density at radius 3 is 1.66 bits per heavy atom. The summed E-state index contributed by atoms with van der Waals surface area (Å²) in [5.74, 6) is 0.637. The van der Waals surface area contributed by atoms with E-state index in [0.29, 0.717) is 5.92 Å². The third-order valence-corrected chi connectivity index (χ3v) is 7.55. The third-order valence-electron chi connectivity index (χ3n) is 7.55. The number of hydrogen-bond acceptors (Lipinski definition) is 3. The molecule has 186 valence electrons. The maximum Gasteiger partial charge on any atom is 0.164 e. The van der Waals surface area contributed by atoms with Crippen LogP contribution in [-0.4, -0.2) is 11.6 Å². The van der Waals surface area contributed by atoms with Crippen LogP contribution in [0.5, 0.6) is 0 Å². The van der Waals surface area contributed by atoms with Gasteiger partial charge in [-0.25, -0.2) is 0 Å². The van der Waals surface area contributed by atoms with Gasteiger partial charge >= 0.3 is 0 Å². The molecule has 0 aromatic heterocycles. The minimum atomic E-state index is -0.639. The van der Waals surface area contributed by atoms with Crippen LogP contribution in [0.1, 0.15) is 162 Å². The topological polar surface area (TPSA) is 48.5 Å². The van der Waals surface area contributed by atoms with E-state index in [1.807, 2.05) is 6.92 Å². The fourth-order valence-electron chi connectivity index (χ4n) is 5.07. The molecule has 2 atom stereocenters. The van der Waals surface area contributed by atoms with Crippen LogP contribution in [0.25, 0.3) is 0 Å². The molecule has 0 radical (unpaired) electrons. The minimum absolute atomic E-state index is 0.248. The lowest BCUT2D eigenvalue weighted by molar-refractivity contribution is 0.335. The summed E-state index contributed by atoms with van der Waals surface area (Å²) in [5, 5.41) is 19.1. The van der Waals surface area contributed by atoms with E-state index in [2.05, 4.69) is 25.0 Å². The van der Waals surface area contributed by atoms with Crippen molar-refractivity contribution in [3.8, 4) is 6.07 Å². The SMILES string of the molecule is CCCCCCCCCCCCC(C)(C#N)N=NC(C)C1CCCCCCCCCCC1. The molecule has 0 spiro atoms. The van der Waals surface area contributed by atoms with Crippen LogP contribution in [0.15, 0.2) is 10.2 Å². The van der Waals surface area contributed by atoms with Crippen LogP contribution in [0, 0.1) is 17.2 Å². The molecule has 0 heterocycles. The fourth-order valence-corrected chi connectivity index (χ4v) is 5.07. The monoisotopic (exact) mass is 445 g/mol. The molecule has 2 unspecified atom stereocenters. The second-order valence-electron chi connectivity index (χ2n) is 10.8. The van der Waals surface area contributed by atoms with Crippen molar-refractivity contribution in [1.82, 2.24) is 0 Å². The maximum absolute atomic E-state index is 9.76. The zero-order chi connectivity index (χ0) is 23.3. The van der Waals surface area contributed by atoms with Crippen molar-refractivity contribution >= 4 is 0 Å². The maximum atomic E-state index is 9.76. The van der Waals surface area contributed by atoms with Gasteiger partial charge in [0.2, 0.25) is 0 Å². The molecule has 1 aliphatic carbocycles. The number of azo groups is 1. The van der Waals surface area contributed by atoms with Crippen LogP contribution >= 0.6 is 0 Å². The number of nitrogens with zero attached hydrogens (tertiary/aromatic N) is 3. The standard InChI is InChI=1S/C29H55N3/c1-4-5-6-7-8-9-13-16-19-22-25-29(3,26-30)32-31-27(2)28-23-20-17-14-11-10-12-15-18-21-24-28/h27-28H,4-25H2,1-3H3. The lowest BCUT2D eigenvalue weighted by atomic mass is 9.88. The lowest BCUT2D eigenvalue weighted by Crippen LogP contribution is -2.21. The van der Waals surface area contributed by atoms with Gasteiger partial charge in [-0.15, -0.1) is 0 Å². The Balaban J connectivity index is 2.32. The predicted molar refractivity (Wildman–Crippen MR) is 139 cm³/mol. The molecule has 0 aliphatic heterocycles. The van der Waals surface area contributed by atoms with Gasteiger partial charge in [0.15, 0.2) is 5.54 Å². The van der Waals surface area contributed by atoms with E-state index in [4.69, 9.17) is 5.11 Å². The highest BCUT2D eigenvalue weighted by molar-refractivity contribution is 5.03. The Bertz CT molecular complexity index is 483. The summed E-state index contributed by atoms with van der Waals surface area (Å²) in [6.07, 6.45) is 29.1. The molecule has 1 fully saturated rings. The highest BCUT2D eigenvalue weighted by Crippen LogP contribution is 2.27. The van der Waals surface area contributed by atoms with E-state index in [-0.39, 0.29) is 6.04 Å². The van der Waals surface area contributed by atoms with E-state index < -0.39 is 5.54 Å². The van der Waals surface area contributed by atoms with Crippen molar-refractivity contribution in [2.75, 3.05) is 0 Å². The normalized spacial score (nSPS) is 20.2. The van der Waals surface area contributed by atoms with Crippen LogP contribution in [0.4, 0.5) is 0 Å². The average Bonchev–Trinajstić information content (AvgIpc) is 2.79. The number of rotatable bonds is 14. The highest BCUT2D eigenvalue weighted by Gasteiger charge is 2.24. The first-order valence-corrected chi connectivity index (χ1v) is 14.4. The number of nitriles is 1. The molecular formula is C29H55N3. The van der Waals surface area contributed by atoms with E-state index in [9.17, 15) is 5.26 Å². The van der Waals surface area contributed by atoms with Crippen molar-refractivity contribution in [1.29, 1.82) is 5.26 Å². The molecule has 0 amide bonds. The van der Waals surface area contributed by atoms with Gasteiger partial charge in [0, 0.05) is 0 Å². The fraction of sp³-hybridized carbons (Fsp3) is 0.966. The molecule has 0 aromatic rings. The molecule has 0 aromatic carbocycles. The van der Waals surface area contributed by atoms with Gasteiger partial charge in [-0.05, 0) is 45.4 Å². The Morgan fingerprint density at radius 1 is 0.750 bits per heavy atom. The first-order chi connectivity index (χ1) is 15.6. The van der Waals surface area contributed by atoms with Gasteiger partial charge < -0.3 is 0 Å². The van der Waals surface area contributed by atoms with Gasteiger partial charge in [0.25, 0.3) is 0 Å². The largest absolute Gasteiger partial charge is 0.196 e. The summed E-state index contributed by atoms with van der Waals surface area (Å²) >= 11 is 0. The quantitative estimate of drug-likeness (QED) is 0.194. The number of unbranched alkanes of at least 4 members (excludes halogenated alkanes) is 9. The van der Waals surface area contributed by atoms with E-state index >= 15 is 0 Å². The van der Waals surface area contributed by atoms with Crippen LogP contribution in [0.3, 0.4) is 0 Å². The van der Waals surface area contributed by atoms with Gasteiger partial charge in [0.05, 0.1) is 12.1 Å². The molecule has 3 nitrogen and oxygen atoms in total. The van der Waals surface area contributed by atoms with E-state index in [0.717, 1.165) is 12.8 Å².